The highest BCUT2D eigenvalue weighted by atomic mass is 16.7. The van der Waals surface area contributed by atoms with Gasteiger partial charge in [-0.05, 0) is 78.1 Å². The van der Waals surface area contributed by atoms with Crippen molar-refractivity contribution in [2.24, 2.45) is 0 Å². The zero-order chi connectivity index (χ0) is 32.8. The number of allylic oxidation sites excluding steroid dienone is 4. The number of nitrogens with zero attached hydrogens (tertiary/aromatic N) is 1. The van der Waals surface area contributed by atoms with Gasteiger partial charge in [-0.2, -0.15) is 4.65 Å². The second-order valence-electron chi connectivity index (χ2n) is 13.7. The van der Waals surface area contributed by atoms with Gasteiger partial charge < -0.3 is 4.74 Å². The molecule has 0 saturated heterocycles. The maximum Gasteiger partial charge on any atom is 0.132 e. The zero-order valence-corrected chi connectivity index (χ0v) is 31.6. The third-order valence-electron chi connectivity index (χ3n) is 9.62. The van der Waals surface area contributed by atoms with Crippen molar-refractivity contribution >= 4 is 0 Å². The monoisotopic (exact) mass is 635 g/mol. The molecule has 0 spiro atoms. The SMILES string of the molecule is CCCCCCCCC=CCCCCCCCCOCC[N+](CC)(CC)OCCCCCCCCC=CCCCCCCCC. The van der Waals surface area contributed by atoms with Crippen LogP contribution in [0.3, 0.4) is 0 Å². The molecule has 0 aromatic heterocycles. The molecule has 3 heteroatoms. The van der Waals surface area contributed by atoms with Gasteiger partial charge in [0.2, 0.25) is 0 Å². The van der Waals surface area contributed by atoms with Crippen LogP contribution in [0, 0.1) is 0 Å². The van der Waals surface area contributed by atoms with Gasteiger partial charge in [0.05, 0.1) is 6.61 Å². The van der Waals surface area contributed by atoms with Gasteiger partial charge in [-0.3, -0.25) is 0 Å². The average molecular weight is 635 g/mol. The van der Waals surface area contributed by atoms with E-state index in [1.165, 1.54) is 180 Å². The second-order valence-corrected chi connectivity index (χ2v) is 13.7. The highest BCUT2D eigenvalue weighted by molar-refractivity contribution is 4.82. The summed E-state index contributed by atoms with van der Waals surface area (Å²) in [7, 11) is 0. The Bertz CT molecular complexity index is 598. The fraction of sp³-hybridized carbons (Fsp3) is 0.905. The van der Waals surface area contributed by atoms with Gasteiger partial charge in [0.25, 0.3) is 0 Å². The van der Waals surface area contributed by atoms with E-state index in [1.54, 1.807) is 0 Å². The molecule has 45 heavy (non-hydrogen) atoms. The largest absolute Gasteiger partial charge is 0.375 e. The molecule has 3 nitrogen and oxygen atoms in total. The van der Waals surface area contributed by atoms with Crippen molar-refractivity contribution in [2.45, 2.75) is 207 Å². The predicted octanol–water partition coefficient (Wildman–Crippen LogP) is 13.9. The quantitative estimate of drug-likeness (QED) is 0.0291. The molecule has 0 N–H and O–H groups in total. The Hall–Kier alpha value is -0.640. The van der Waals surface area contributed by atoms with E-state index in [-0.39, 0.29) is 0 Å². The van der Waals surface area contributed by atoms with Gasteiger partial charge in [-0.15, -0.1) is 0 Å². The summed E-state index contributed by atoms with van der Waals surface area (Å²) in [6.07, 6.45) is 47.5. The van der Waals surface area contributed by atoms with Crippen LogP contribution in [0.5, 0.6) is 0 Å². The molecule has 0 aromatic carbocycles. The van der Waals surface area contributed by atoms with Crippen LogP contribution in [0.2, 0.25) is 0 Å². The van der Waals surface area contributed by atoms with Crippen LogP contribution >= 0.6 is 0 Å². The molecule has 0 aliphatic heterocycles. The lowest BCUT2D eigenvalue weighted by Crippen LogP contribution is -2.49. The Labute approximate surface area is 284 Å². The first-order valence-corrected chi connectivity index (χ1v) is 20.6. The molecule has 0 fully saturated rings. The van der Waals surface area contributed by atoms with E-state index in [0.717, 1.165) is 44.1 Å². The molecule has 0 bridgehead atoms. The number of hydrogen-bond acceptors (Lipinski definition) is 2. The summed E-state index contributed by atoms with van der Waals surface area (Å²) in [6, 6.07) is 0. The van der Waals surface area contributed by atoms with Gasteiger partial charge in [0.15, 0.2) is 0 Å². The fourth-order valence-corrected chi connectivity index (χ4v) is 6.18. The third-order valence-corrected chi connectivity index (χ3v) is 9.62. The first kappa shape index (κ1) is 44.4. The van der Waals surface area contributed by atoms with Crippen LogP contribution in [-0.2, 0) is 9.57 Å². The lowest BCUT2D eigenvalue weighted by atomic mass is 10.1. The number of hydroxylamine groups is 3. The summed E-state index contributed by atoms with van der Waals surface area (Å²) in [5.41, 5.74) is 0. The fourth-order valence-electron chi connectivity index (χ4n) is 6.18. The second kappa shape index (κ2) is 37.8. The van der Waals surface area contributed by atoms with Crippen molar-refractivity contribution in [3.8, 4) is 0 Å². The van der Waals surface area contributed by atoms with Crippen LogP contribution in [0.25, 0.3) is 0 Å². The predicted molar refractivity (Wildman–Crippen MR) is 202 cm³/mol. The molecular formula is C42H84NO2+. The standard InChI is InChI=1S/C42H84NO2/c1-5-9-11-13-15-17-19-21-23-25-27-29-31-33-35-37-40-44-42-39-43(7-3,8-4)45-41-38-36-34-32-30-28-26-24-22-20-18-16-14-12-10-6-2/h21-24H,5-20,25-42H2,1-4H3/q+1. The van der Waals surface area contributed by atoms with E-state index in [9.17, 15) is 0 Å². The van der Waals surface area contributed by atoms with E-state index < -0.39 is 0 Å². The van der Waals surface area contributed by atoms with Gasteiger partial charge in [-0.25, -0.2) is 4.84 Å². The number of ether oxygens (including phenoxy) is 1. The number of quaternary nitrogens is 1. The molecule has 0 atom stereocenters. The summed E-state index contributed by atoms with van der Waals surface area (Å²) in [5.74, 6) is 0. The van der Waals surface area contributed by atoms with Crippen molar-refractivity contribution in [1.29, 1.82) is 0 Å². The van der Waals surface area contributed by atoms with E-state index in [1.807, 2.05) is 0 Å². The summed E-state index contributed by atoms with van der Waals surface area (Å²) >= 11 is 0. The Kier molecular flexibility index (Phi) is 37.3. The van der Waals surface area contributed by atoms with E-state index in [2.05, 4.69) is 52.0 Å². The first-order chi connectivity index (χ1) is 22.2. The zero-order valence-electron chi connectivity index (χ0n) is 31.6. The average Bonchev–Trinajstić information content (AvgIpc) is 3.06. The Morgan fingerprint density at radius 3 is 1.07 bits per heavy atom. The molecule has 268 valence electrons. The lowest BCUT2D eigenvalue weighted by Gasteiger charge is -2.33. The highest BCUT2D eigenvalue weighted by Gasteiger charge is 2.25. The summed E-state index contributed by atoms with van der Waals surface area (Å²) in [5, 5.41) is 0. The highest BCUT2D eigenvalue weighted by Crippen LogP contribution is 2.14. The topological polar surface area (TPSA) is 18.5 Å². The Morgan fingerprint density at radius 2 is 0.689 bits per heavy atom. The summed E-state index contributed by atoms with van der Waals surface area (Å²) in [4.78, 5) is 6.43. The minimum absolute atomic E-state index is 0.748. The van der Waals surface area contributed by atoms with Gasteiger partial charge in [-0.1, -0.05) is 154 Å². The maximum absolute atomic E-state index is 6.43. The molecular weight excluding hydrogens is 550 g/mol. The molecule has 0 heterocycles. The third kappa shape index (κ3) is 33.1. The minimum Gasteiger partial charge on any atom is -0.375 e. The molecule has 0 rings (SSSR count). The summed E-state index contributed by atoms with van der Waals surface area (Å²) < 4.78 is 6.79. The van der Waals surface area contributed by atoms with Crippen LogP contribution < -0.4 is 0 Å². The van der Waals surface area contributed by atoms with Crippen molar-refractivity contribution in [1.82, 2.24) is 0 Å². The Balaban J connectivity index is 3.55. The molecule has 0 aliphatic carbocycles. The number of likely N-dealkylation sites (N-methyl/N-ethyl adjacent to an activating group) is 1. The van der Waals surface area contributed by atoms with E-state index in [0.29, 0.717) is 0 Å². The van der Waals surface area contributed by atoms with Crippen LogP contribution in [-0.4, -0.2) is 44.1 Å². The van der Waals surface area contributed by atoms with Crippen LogP contribution in [0.4, 0.5) is 0 Å². The van der Waals surface area contributed by atoms with Gasteiger partial charge in [0, 0.05) is 6.61 Å². The molecule has 0 radical (unpaired) electrons. The van der Waals surface area contributed by atoms with Crippen molar-refractivity contribution < 1.29 is 14.2 Å². The van der Waals surface area contributed by atoms with Crippen molar-refractivity contribution in [3.63, 3.8) is 0 Å². The molecule has 0 amide bonds. The van der Waals surface area contributed by atoms with E-state index >= 15 is 0 Å². The number of unbranched alkanes of at least 4 members (excludes halogenated alkanes) is 24. The van der Waals surface area contributed by atoms with E-state index in [4.69, 9.17) is 9.57 Å². The molecule has 0 saturated carbocycles. The van der Waals surface area contributed by atoms with Gasteiger partial charge >= 0.3 is 0 Å². The van der Waals surface area contributed by atoms with Gasteiger partial charge in [0.1, 0.15) is 26.2 Å². The summed E-state index contributed by atoms with van der Waals surface area (Å²) in [6.45, 7) is 14.8. The van der Waals surface area contributed by atoms with Crippen molar-refractivity contribution in [3.05, 3.63) is 24.3 Å². The molecule has 0 unspecified atom stereocenters. The Morgan fingerprint density at radius 1 is 0.356 bits per heavy atom. The normalized spacial score (nSPS) is 12.4. The molecule has 0 aromatic rings. The maximum atomic E-state index is 6.43. The lowest BCUT2D eigenvalue weighted by molar-refractivity contribution is -1.10. The minimum atomic E-state index is 0.748. The smallest absolute Gasteiger partial charge is 0.132 e. The van der Waals surface area contributed by atoms with Crippen molar-refractivity contribution in [2.75, 3.05) is 39.5 Å². The number of hydrogen-bond donors (Lipinski definition) is 0. The molecule has 0 aliphatic rings. The first-order valence-electron chi connectivity index (χ1n) is 20.6. The van der Waals surface area contributed by atoms with Crippen LogP contribution in [0.1, 0.15) is 207 Å². The number of rotatable bonds is 38. The van der Waals surface area contributed by atoms with Crippen LogP contribution in [0.15, 0.2) is 24.3 Å².